The lowest BCUT2D eigenvalue weighted by Gasteiger charge is -2.27. The van der Waals surface area contributed by atoms with E-state index in [4.69, 9.17) is 23.6 Å². The Morgan fingerprint density at radius 1 is 0.837 bits per heavy atom. The summed E-state index contributed by atoms with van der Waals surface area (Å²) < 4.78 is 23.4. The summed E-state index contributed by atoms with van der Waals surface area (Å²) in [6, 6.07) is 25.8. The molecule has 5 rings (SSSR count). The molecule has 1 aliphatic heterocycles. The Morgan fingerprint density at radius 2 is 1.49 bits per heavy atom. The number of oxazole rings is 1. The van der Waals surface area contributed by atoms with E-state index in [0.29, 0.717) is 37.0 Å². The normalized spacial score (nSPS) is 13.9. The zero-order chi connectivity index (χ0) is 30.1. The average Bonchev–Trinajstić information content (AvgIpc) is 3.41. The first-order valence-corrected chi connectivity index (χ1v) is 15.3. The highest BCUT2D eigenvalue weighted by Gasteiger charge is 2.32. The van der Waals surface area contributed by atoms with E-state index in [1.165, 1.54) is 24.8 Å². The Labute approximate surface area is 254 Å². The Hall–Kier alpha value is -4.10. The molecule has 1 saturated heterocycles. The van der Waals surface area contributed by atoms with Crippen LogP contribution in [0.4, 0.5) is 0 Å². The van der Waals surface area contributed by atoms with E-state index in [0.717, 1.165) is 48.6 Å². The predicted molar refractivity (Wildman–Crippen MR) is 168 cm³/mol. The number of hydrogen-bond donors (Lipinski definition) is 0. The molecule has 2 heterocycles. The third-order valence-electron chi connectivity index (χ3n) is 7.73. The van der Waals surface area contributed by atoms with Crippen LogP contribution in [0.1, 0.15) is 51.0 Å². The van der Waals surface area contributed by atoms with Crippen LogP contribution >= 0.6 is 0 Å². The van der Waals surface area contributed by atoms with Crippen LogP contribution in [0.5, 0.6) is 11.5 Å². The van der Waals surface area contributed by atoms with Gasteiger partial charge in [-0.15, -0.1) is 0 Å². The third kappa shape index (κ3) is 8.48. The maximum absolute atomic E-state index is 12.7. The minimum atomic E-state index is -1.09. The van der Waals surface area contributed by atoms with Crippen LogP contribution in [0.25, 0.3) is 22.6 Å². The maximum Gasteiger partial charge on any atom is 0.349 e. The second kappa shape index (κ2) is 14.4. The van der Waals surface area contributed by atoms with Gasteiger partial charge in [0.05, 0.1) is 18.9 Å². The largest absolute Gasteiger partial charge is 0.493 e. The summed E-state index contributed by atoms with van der Waals surface area (Å²) in [7, 11) is 0. The number of likely N-dealkylation sites (tertiary alicyclic amines) is 1. The fourth-order valence-corrected chi connectivity index (χ4v) is 5.23. The molecule has 0 amide bonds. The zero-order valence-corrected chi connectivity index (χ0v) is 25.5. The molecule has 0 bridgehead atoms. The molecule has 1 aromatic heterocycles. The van der Waals surface area contributed by atoms with E-state index in [-0.39, 0.29) is 5.97 Å². The van der Waals surface area contributed by atoms with Gasteiger partial charge < -0.3 is 23.5 Å². The maximum atomic E-state index is 12.7. The van der Waals surface area contributed by atoms with E-state index in [1.54, 1.807) is 26.0 Å². The van der Waals surface area contributed by atoms with Crippen molar-refractivity contribution in [3.8, 4) is 34.1 Å². The molecule has 0 radical (unpaired) electrons. The first-order valence-electron chi connectivity index (χ1n) is 15.3. The number of ether oxygens (including phenoxy) is 3. The topological polar surface area (TPSA) is 74.0 Å². The Kier molecular flexibility index (Phi) is 10.2. The monoisotopic (exact) mass is 582 g/mol. The van der Waals surface area contributed by atoms with Gasteiger partial charge in [-0.2, -0.15) is 0 Å². The molecule has 3 aromatic carbocycles. The van der Waals surface area contributed by atoms with Gasteiger partial charge in [-0.25, -0.2) is 9.78 Å². The predicted octanol–water partition coefficient (Wildman–Crippen LogP) is 7.52. The van der Waals surface area contributed by atoms with E-state index >= 15 is 0 Å². The number of aromatic nitrogens is 1. The molecule has 1 fully saturated rings. The number of piperidine rings is 1. The van der Waals surface area contributed by atoms with E-state index in [1.807, 2.05) is 49.4 Å². The number of carbonyl (C=O) groups excluding carboxylic acids is 1. The van der Waals surface area contributed by atoms with E-state index < -0.39 is 5.60 Å². The van der Waals surface area contributed by atoms with Crippen LogP contribution < -0.4 is 9.47 Å². The lowest BCUT2D eigenvalue weighted by molar-refractivity contribution is -0.159. The van der Waals surface area contributed by atoms with E-state index in [9.17, 15) is 4.79 Å². The van der Waals surface area contributed by atoms with Crippen molar-refractivity contribution in [3.63, 3.8) is 0 Å². The zero-order valence-electron chi connectivity index (χ0n) is 25.5. The average molecular weight is 583 g/mol. The van der Waals surface area contributed by atoms with Gasteiger partial charge in [-0.3, -0.25) is 0 Å². The molecular formula is C36H42N2O5. The van der Waals surface area contributed by atoms with Gasteiger partial charge in [-0.1, -0.05) is 48.9 Å². The lowest BCUT2D eigenvalue weighted by Crippen LogP contribution is -2.40. The lowest BCUT2D eigenvalue weighted by atomic mass is 10.0. The molecule has 0 saturated carbocycles. The number of benzene rings is 3. The van der Waals surface area contributed by atoms with Crippen molar-refractivity contribution in [2.24, 2.45) is 0 Å². The fourth-order valence-electron chi connectivity index (χ4n) is 5.23. The summed E-state index contributed by atoms with van der Waals surface area (Å²) in [5.74, 6) is 2.33. The molecule has 4 aromatic rings. The quantitative estimate of drug-likeness (QED) is 0.119. The van der Waals surface area contributed by atoms with Gasteiger partial charge in [0, 0.05) is 18.5 Å². The van der Waals surface area contributed by atoms with Gasteiger partial charge in [0.1, 0.15) is 17.3 Å². The van der Waals surface area contributed by atoms with Gasteiger partial charge in [-0.05, 0) is 101 Å². The molecule has 0 unspecified atom stereocenters. The second-order valence-corrected chi connectivity index (χ2v) is 11.5. The molecule has 7 nitrogen and oxygen atoms in total. The van der Waals surface area contributed by atoms with Crippen molar-refractivity contribution in [3.05, 3.63) is 90.3 Å². The third-order valence-corrected chi connectivity index (χ3v) is 7.73. The summed E-state index contributed by atoms with van der Waals surface area (Å²) in [5.41, 5.74) is 3.06. The number of hydrogen-bond acceptors (Lipinski definition) is 7. The van der Waals surface area contributed by atoms with Crippen molar-refractivity contribution < 1.29 is 23.4 Å². The summed E-state index contributed by atoms with van der Waals surface area (Å²) >= 11 is 0. The highest BCUT2D eigenvalue weighted by Crippen LogP contribution is 2.27. The standard InChI is InChI=1S/C36H42N2O5/c1-27-33(37-34(42-27)30-15-13-29(14-16-30)28-11-6-4-7-12-28)21-26-40-31-17-19-32(20-18-31)43-36(2,3)35(39)41-25-10-24-38-22-8-5-9-23-38/h4,6-7,11-20H,5,8-10,21-26H2,1-3H3. The first kappa shape index (κ1) is 30.4. The van der Waals surface area contributed by atoms with Crippen molar-refractivity contribution in [1.82, 2.24) is 9.88 Å². The van der Waals surface area contributed by atoms with E-state index in [2.05, 4.69) is 29.2 Å². The van der Waals surface area contributed by atoms with Crippen LogP contribution in [0, 0.1) is 6.92 Å². The number of nitrogens with zero attached hydrogens (tertiary/aromatic N) is 2. The van der Waals surface area contributed by atoms with Crippen LogP contribution in [-0.4, -0.2) is 54.3 Å². The Balaban J connectivity index is 1.06. The highest BCUT2D eigenvalue weighted by molar-refractivity contribution is 5.79. The smallest absolute Gasteiger partial charge is 0.349 e. The summed E-state index contributed by atoms with van der Waals surface area (Å²) in [5, 5.41) is 0. The Morgan fingerprint density at radius 3 is 2.21 bits per heavy atom. The number of rotatable bonds is 13. The summed E-state index contributed by atoms with van der Waals surface area (Å²) in [6.45, 7) is 9.51. The molecular weight excluding hydrogens is 540 g/mol. The minimum absolute atomic E-state index is 0.360. The van der Waals surface area contributed by atoms with Gasteiger partial charge in [0.25, 0.3) is 0 Å². The van der Waals surface area contributed by atoms with Crippen molar-refractivity contribution >= 4 is 5.97 Å². The van der Waals surface area contributed by atoms with Gasteiger partial charge in [0.15, 0.2) is 5.60 Å². The van der Waals surface area contributed by atoms with Crippen LogP contribution in [0.2, 0.25) is 0 Å². The molecule has 7 heteroatoms. The second-order valence-electron chi connectivity index (χ2n) is 11.5. The fraction of sp³-hybridized carbons (Fsp3) is 0.389. The van der Waals surface area contributed by atoms with Crippen molar-refractivity contribution in [2.75, 3.05) is 32.8 Å². The molecule has 0 N–H and O–H groups in total. The van der Waals surface area contributed by atoms with Crippen LogP contribution in [0.3, 0.4) is 0 Å². The Bertz CT molecular complexity index is 1440. The van der Waals surface area contributed by atoms with Crippen molar-refractivity contribution in [1.29, 1.82) is 0 Å². The van der Waals surface area contributed by atoms with Crippen LogP contribution in [0.15, 0.2) is 83.3 Å². The number of carbonyl (C=O) groups is 1. The summed E-state index contributed by atoms with van der Waals surface area (Å²) in [4.78, 5) is 19.8. The van der Waals surface area contributed by atoms with Gasteiger partial charge >= 0.3 is 5.97 Å². The molecule has 0 spiro atoms. The SMILES string of the molecule is Cc1oc(-c2ccc(-c3ccccc3)cc2)nc1CCOc1ccc(OC(C)(C)C(=O)OCCCN2CCCCC2)cc1. The molecule has 43 heavy (non-hydrogen) atoms. The van der Waals surface area contributed by atoms with Crippen molar-refractivity contribution in [2.45, 2.75) is 58.5 Å². The molecule has 226 valence electrons. The van der Waals surface area contributed by atoms with Gasteiger partial charge in [0.2, 0.25) is 5.89 Å². The number of esters is 1. The highest BCUT2D eigenvalue weighted by atomic mass is 16.6. The molecule has 0 atom stereocenters. The molecule has 1 aliphatic rings. The first-order chi connectivity index (χ1) is 20.9. The summed E-state index contributed by atoms with van der Waals surface area (Å²) in [6.07, 6.45) is 5.30. The molecule has 0 aliphatic carbocycles. The number of aryl methyl sites for hydroxylation is 1. The van der Waals surface area contributed by atoms with Crippen LogP contribution in [-0.2, 0) is 16.0 Å². The minimum Gasteiger partial charge on any atom is -0.493 e.